The molecule has 2 amide bonds. The Kier molecular flexibility index (Phi) is 11.3. The van der Waals surface area contributed by atoms with Gasteiger partial charge in [-0.2, -0.15) is 0 Å². The van der Waals surface area contributed by atoms with Crippen molar-refractivity contribution in [2.24, 2.45) is 0 Å². The highest BCUT2D eigenvalue weighted by Gasteiger charge is 2.18. The van der Waals surface area contributed by atoms with Crippen LogP contribution in [0, 0.1) is 6.92 Å². The van der Waals surface area contributed by atoms with E-state index in [1.54, 1.807) is 6.07 Å². The minimum absolute atomic E-state index is 0.165. The largest absolute Gasteiger partial charge is 0.481 e. The van der Waals surface area contributed by atoms with Gasteiger partial charge in [-0.25, -0.2) is 0 Å². The van der Waals surface area contributed by atoms with Gasteiger partial charge < -0.3 is 9.84 Å². The Hall–Kier alpha value is -2.73. The second-order valence-corrected chi connectivity index (χ2v) is 6.40. The van der Waals surface area contributed by atoms with Crippen molar-refractivity contribution >= 4 is 29.1 Å². The van der Waals surface area contributed by atoms with Gasteiger partial charge in [0.05, 0.1) is 13.2 Å². The van der Waals surface area contributed by atoms with Crippen molar-refractivity contribution in [1.82, 2.24) is 4.90 Å². The van der Waals surface area contributed by atoms with Gasteiger partial charge in [-0.1, -0.05) is 50.6 Å². The molecule has 0 spiro atoms. The third kappa shape index (κ3) is 7.66. The number of benzene rings is 2. The zero-order valence-electron chi connectivity index (χ0n) is 17.5. The standard InChI is InChI=1S/C21H25NO5.C2H6/c1-16-7-5-8-17-9-6-10-18(20(16)17)21(26)22(15-23)12-14-27-13-4-2-3-11-19(24)25;1-2/h5-10,15H,2-4,11-14H2,1H3,(H,24,25);1-2H3. The maximum Gasteiger partial charge on any atom is 0.303 e. The molecule has 6 heteroatoms. The second-order valence-electron chi connectivity index (χ2n) is 6.40. The molecule has 0 atom stereocenters. The molecule has 2 aromatic rings. The second kappa shape index (κ2) is 13.4. The van der Waals surface area contributed by atoms with E-state index in [0.717, 1.165) is 34.1 Å². The third-order valence-electron chi connectivity index (χ3n) is 4.39. The van der Waals surface area contributed by atoms with Crippen LogP contribution in [0.1, 0.15) is 55.5 Å². The van der Waals surface area contributed by atoms with Gasteiger partial charge in [-0.3, -0.25) is 19.3 Å². The number of carbonyl (C=O) groups excluding carboxylic acids is 2. The molecule has 0 bridgehead atoms. The molecular formula is C23H31NO5. The van der Waals surface area contributed by atoms with Gasteiger partial charge >= 0.3 is 5.97 Å². The van der Waals surface area contributed by atoms with E-state index in [2.05, 4.69) is 0 Å². The Labute approximate surface area is 172 Å². The number of carboxylic acid groups (broad SMARTS) is 1. The topological polar surface area (TPSA) is 83.9 Å². The van der Waals surface area contributed by atoms with Crippen molar-refractivity contribution in [3.63, 3.8) is 0 Å². The van der Waals surface area contributed by atoms with Gasteiger partial charge in [-0.15, -0.1) is 0 Å². The minimum atomic E-state index is -0.792. The van der Waals surface area contributed by atoms with E-state index in [4.69, 9.17) is 9.84 Å². The Morgan fingerprint density at radius 2 is 1.72 bits per heavy atom. The first-order valence-corrected chi connectivity index (χ1v) is 10.1. The van der Waals surface area contributed by atoms with Crippen molar-refractivity contribution in [2.75, 3.05) is 19.8 Å². The number of fused-ring (bicyclic) bond motifs is 1. The van der Waals surface area contributed by atoms with Crippen LogP contribution in [-0.2, 0) is 14.3 Å². The summed E-state index contributed by atoms with van der Waals surface area (Å²) in [4.78, 5) is 35.8. The maximum absolute atomic E-state index is 12.8. The minimum Gasteiger partial charge on any atom is -0.481 e. The van der Waals surface area contributed by atoms with Gasteiger partial charge in [-0.05, 0) is 42.2 Å². The predicted octanol–water partition coefficient (Wildman–Crippen LogP) is 4.43. The van der Waals surface area contributed by atoms with Crippen LogP contribution in [0.2, 0.25) is 0 Å². The molecule has 0 fully saturated rings. The molecule has 158 valence electrons. The van der Waals surface area contributed by atoms with E-state index in [0.29, 0.717) is 25.0 Å². The van der Waals surface area contributed by atoms with Crippen LogP contribution in [0.25, 0.3) is 10.8 Å². The lowest BCUT2D eigenvalue weighted by molar-refractivity contribution is -0.137. The van der Waals surface area contributed by atoms with E-state index in [1.807, 2.05) is 51.1 Å². The van der Waals surface area contributed by atoms with E-state index >= 15 is 0 Å². The number of aliphatic carboxylic acids is 1. The third-order valence-corrected chi connectivity index (χ3v) is 4.39. The monoisotopic (exact) mass is 401 g/mol. The molecule has 0 aliphatic heterocycles. The maximum atomic E-state index is 12.8. The average Bonchev–Trinajstić information content (AvgIpc) is 2.73. The molecule has 2 rings (SSSR count). The lowest BCUT2D eigenvalue weighted by Gasteiger charge is -2.17. The molecule has 6 nitrogen and oxygen atoms in total. The van der Waals surface area contributed by atoms with E-state index in [1.165, 1.54) is 0 Å². The molecule has 0 aliphatic rings. The van der Waals surface area contributed by atoms with Crippen LogP contribution in [0.15, 0.2) is 36.4 Å². The van der Waals surface area contributed by atoms with Crippen molar-refractivity contribution in [3.05, 3.63) is 47.5 Å². The summed E-state index contributed by atoms with van der Waals surface area (Å²) in [6, 6.07) is 11.3. The fourth-order valence-corrected chi connectivity index (χ4v) is 2.99. The number of aryl methyl sites for hydroxylation is 1. The summed E-state index contributed by atoms with van der Waals surface area (Å²) in [5, 5.41) is 10.4. The molecule has 0 heterocycles. The Bertz CT molecular complexity index is 798. The fraction of sp³-hybridized carbons (Fsp3) is 0.435. The zero-order chi connectivity index (χ0) is 21.6. The number of nitrogens with zero attached hydrogens (tertiary/aromatic N) is 1. The number of imide groups is 1. The van der Waals surface area contributed by atoms with Gasteiger partial charge in [0.25, 0.3) is 5.91 Å². The summed E-state index contributed by atoms with van der Waals surface area (Å²) in [5.41, 5.74) is 1.49. The number of unbranched alkanes of at least 4 members (excludes halogenated alkanes) is 2. The van der Waals surface area contributed by atoms with Crippen molar-refractivity contribution < 1.29 is 24.2 Å². The molecule has 0 unspecified atom stereocenters. The van der Waals surface area contributed by atoms with Crippen LogP contribution >= 0.6 is 0 Å². The number of hydrogen-bond acceptors (Lipinski definition) is 4. The highest BCUT2D eigenvalue weighted by molar-refractivity contribution is 6.10. The van der Waals surface area contributed by atoms with E-state index in [-0.39, 0.29) is 25.5 Å². The quantitative estimate of drug-likeness (QED) is 0.445. The Morgan fingerprint density at radius 1 is 1.03 bits per heavy atom. The SMILES string of the molecule is CC.Cc1cccc2cccc(C(=O)N(C=O)CCOCCCCCC(=O)O)c12. The van der Waals surface area contributed by atoms with Crippen molar-refractivity contribution in [2.45, 2.75) is 46.5 Å². The predicted molar refractivity (Wildman–Crippen MR) is 114 cm³/mol. The Morgan fingerprint density at radius 3 is 2.38 bits per heavy atom. The molecule has 1 N–H and O–H groups in total. The van der Waals surface area contributed by atoms with E-state index < -0.39 is 5.97 Å². The molecule has 0 saturated carbocycles. The van der Waals surface area contributed by atoms with Crippen molar-refractivity contribution in [1.29, 1.82) is 0 Å². The average molecular weight is 402 g/mol. The van der Waals surface area contributed by atoms with Gasteiger partial charge in [0.2, 0.25) is 6.41 Å². The summed E-state index contributed by atoms with van der Waals surface area (Å²) in [6.07, 6.45) is 2.86. The Balaban J connectivity index is 0.00000204. The summed E-state index contributed by atoms with van der Waals surface area (Å²) >= 11 is 0. The molecular weight excluding hydrogens is 370 g/mol. The number of ether oxygens (including phenoxy) is 1. The van der Waals surface area contributed by atoms with Gasteiger partial charge in [0, 0.05) is 18.6 Å². The van der Waals surface area contributed by atoms with Crippen LogP contribution in [-0.4, -0.2) is 48.1 Å². The van der Waals surface area contributed by atoms with Crippen LogP contribution in [0.5, 0.6) is 0 Å². The normalized spacial score (nSPS) is 10.2. The summed E-state index contributed by atoms with van der Waals surface area (Å²) in [7, 11) is 0. The highest BCUT2D eigenvalue weighted by Crippen LogP contribution is 2.23. The molecule has 0 aromatic heterocycles. The van der Waals surface area contributed by atoms with Crippen molar-refractivity contribution in [3.8, 4) is 0 Å². The number of rotatable bonds is 11. The first kappa shape index (κ1) is 24.3. The van der Waals surface area contributed by atoms with Crippen LogP contribution in [0.3, 0.4) is 0 Å². The number of amides is 2. The number of carbonyl (C=O) groups is 3. The summed E-state index contributed by atoms with van der Waals surface area (Å²) in [5.74, 6) is -1.13. The van der Waals surface area contributed by atoms with Crippen LogP contribution < -0.4 is 0 Å². The van der Waals surface area contributed by atoms with Gasteiger partial charge in [0.1, 0.15) is 0 Å². The number of hydrogen-bond donors (Lipinski definition) is 1. The van der Waals surface area contributed by atoms with E-state index in [9.17, 15) is 14.4 Å². The molecule has 29 heavy (non-hydrogen) atoms. The lowest BCUT2D eigenvalue weighted by atomic mass is 9.99. The molecule has 2 aromatic carbocycles. The smallest absolute Gasteiger partial charge is 0.303 e. The zero-order valence-corrected chi connectivity index (χ0v) is 17.5. The first-order chi connectivity index (χ1) is 14.0. The van der Waals surface area contributed by atoms with Gasteiger partial charge in [0.15, 0.2) is 0 Å². The highest BCUT2D eigenvalue weighted by atomic mass is 16.5. The first-order valence-electron chi connectivity index (χ1n) is 10.1. The molecule has 0 radical (unpaired) electrons. The molecule has 0 saturated heterocycles. The fourth-order valence-electron chi connectivity index (χ4n) is 2.99. The lowest BCUT2D eigenvalue weighted by Crippen LogP contribution is -2.33. The van der Waals surface area contributed by atoms with Crippen LogP contribution in [0.4, 0.5) is 0 Å². The summed E-state index contributed by atoms with van der Waals surface area (Å²) in [6.45, 7) is 6.86. The summed E-state index contributed by atoms with van der Waals surface area (Å²) < 4.78 is 5.47. The molecule has 0 aliphatic carbocycles. The number of carboxylic acids is 1.